The second kappa shape index (κ2) is 6.66. The Hall–Kier alpha value is -2.60. The number of aromatic nitrogens is 1. The first-order valence-corrected chi connectivity index (χ1v) is 7.40. The lowest BCUT2D eigenvalue weighted by Crippen LogP contribution is -2.45. The van der Waals surface area contributed by atoms with Crippen molar-refractivity contribution in [2.24, 2.45) is 0 Å². The van der Waals surface area contributed by atoms with Crippen LogP contribution in [0.3, 0.4) is 0 Å². The van der Waals surface area contributed by atoms with E-state index in [1.165, 1.54) is 4.90 Å². The molecule has 1 aliphatic heterocycles. The van der Waals surface area contributed by atoms with Crippen LogP contribution in [-0.4, -0.2) is 29.9 Å². The van der Waals surface area contributed by atoms with Gasteiger partial charge in [0.15, 0.2) is 6.61 Å². The topological polar surface area (TPSA) is 71.5 Å². The number of benzene rings is 1. The molecule has 0 fully saturated rings. The molecule has 0 spiro atoms. The summed E-state index contributed by atoms with van der Waals surface area (Å²) in [5.74, 6) is -0.0314. The second-order valence-electron chi connectivity index (χ2n) is 4.98. The number of anilines is 1. The number of halogens is 1. The Kier molecular flexibility index (Phi) is 4.43. The molecule has 2 aromatic rings. The van der Waals surface area contributed by atoms with Gasteiger partial charge >= 0.3 is 0 Å². The standard InChI is InChI=1S/C16H14ClN3O3/c17-11-4-5-14-13(7-11)20(16(22)10-23-14)9-15(21)19-8-12-3-1-2-6-18-12/h1-7H,8-10H2,(H,19,21). The molecule has 1 N–H and O–H groups in total. The van der Waals surface area contributed by atoms with Gasteiger partial charge in [-0.15, -0.1) is 0 Å². The molecule has 0 saturated heterocycles. The maximum atomic E-state index is 12.1. The van der Waals surface area contributed by atoms with Crippen LogP contribution in [0, 0.1) is 0 Å². The first-order chi connectivity index (χ1) is 11.1. The molecular formula is C16H14ClN3O3. The summed E-state index contributed by atoms with van der Waals surface area (Å²) in [4.78, 5) is 29.7. The van der Waals surface area contributed by atoms with Crippen LogP contribution in [0.25, 0.3) is 0 Å². The van der Waals surface area contributed by atoms with Gasteiger partial charge < -0.3 is 10.1 Å². The van der Waals surface area contributed by atoms with E-state index in [1.807, 2.05) is 12.1 Å². The first kappa shape index (κ1) is 15.3. The Balaban J connectivity index is 1.68. The van der Waals surface area contributed by atoms with Crippen LogP contribution in [0.1, 0.15) is 5.69 Å². The highest BCUT2D eigenvalue weighted by molar-refractivity contribution is 6.31. The maximum Gasteiger partial charge on any atom is 0.265 e. The largest absolute Gasteiger partial charge is 0.482 e. The number of ether oxygens (including phenoxy) is 1. The van der Waals surface area contributed by atoms with Gasteiger partial charge in [0.05, 0.1) is 17.9 Å². The predicted octanol–water partition coefficient (Wildman–Crippen LogP) is 1.78. The van der Waals surface area contributed by atoms with Crippen LogP contribution >= 0.6 is 11.6 Å². The molecule has 23 heavy (non-hydrogen) atoms. The molecule has 0 bridgehead atoms. The molecule has 7 heteroatoms. The normalized spacial score (nSPS) is 13.3. The molecule has 118 valence electrons. The van der Waals surface area contributed by atoms with E-state index in [1.54, 1.807) is 30.5 Å². The van der Waals surface area contributed by atoms with Crippen LogP contribution in [0.15, 0.2) is 42.6 Å². The summed E-state index contributed by atoms with van der Waals surface area (Å²) >= 11 is 5.97. The minimum Gasteiger partial charge on any atom is -0.482 e. The van der Waals surface area contributed by atoms with Crippen molar-refractivity contribution in [3.05, 3.63) is 53.3 Å². The Morgan fingerprint density at radius 1 is 1.35 bits per heavy atom. The molecule has 0 radical (unpaired) electrons. The van der Waals surface area contributed by atoms with Crippen molar-refractivity contribution >= 4 is 29.1 Å². The van der Waals surface area contributed by atoms with Gasteiger partial charge in [0, 0.05) is 11.2 Å². The molecule has 0 saturated carbocycles. The predicted molar refractivity (Wildman–Crippen MR) is 85.4 cm³/mol. The second-order valence-corrected chi connectivity index (χ2v) is 5.41. The van der Waals surface area contributed by atoms with Crippen molar-refractivity contribution in [2.75, 3.05) is 18.1 Å². The van der Waals surface area contributed by atoms with E-state index in [2.05, 4.69) is 10.3 Å². The van der Waals surface area contributed by atoms with E-state index in [0.717, 1.165) is 5.69 Å². The first-order valence-electron chi connectivity index (χ1n) is 7.03. The maximum absolute atomic E-state index is 12.1. The zero-order chi connectivity index (χ0) is 16.2. The number of carbonyl (C=O) groups excluding carboxylic acids is 2. The van der Waals surface area contributed by atoms with E-state index >= 15 is 0 Å². The van der Waals surface area contributed by atoms with Crippen molar-refractivity contribution in [3.63, 3.8) is 0 Å². The summed E-state index contributed by atoms with van der Waals surface area (Å²) in [6.07, 6.45) is 1.66. The number of pyridine rings is 1. The molecule has 6 nitrogen and oxygen atoms in total. The summed E-state index contributed by atoms with van der Waals surface area (Å²) in [5, 5.41) is 3.22. The van der Waals surface area contributed by atoms with E-state index in [-0.39, 0.29) is 25.0 Å². The van der Waals surface area contributed by atoms with Crippen molar-refractivity contribution in [2.45, 2.75) is 6.54 Å². The summed E-state index contributed by atoms with van der Waals surface area (Å²) in [7, 11) is 0. The van der Waals surface area contributed by atoms with Crippen LogP contribution in [0.4, 0.5) is 5.69 Å². The molecule has 0 unspecified atom stereocenters. The zero-order valence-corrected chi connectivity index (χ0v) is 12.9. The number of rotatable bonds is 4. The molecule has 2 amide bonds. The minimum atomic E-state index is -0.284. The van der Waals surface area contributed by atoms with Gasteiger partial charge in [-0.05, 0) is 30.3 Å². The molecule has 1 aromatic carbocycles. The summed E-state index contributed by atoms with van der Waals surface area (Å²) in [5.41, 5.74) is 1.25. The van der Waals surface area contributed by atoms with Crippen LogP contribution in [0.5, 0.6) is 5.75 Å². The lowest BCUT2D eigenvalue weighted by Gasteiger charge is -2.28. The number of nitrogens with zero attached hydrogens (tertiary/aromatic N) is 2. The molecule has 0 aliphatic carbocycles. The Morgan fingerprint density at radius 3 is 3.00 bits per heavy atom. The molecule has 1 aromatic heterocycles. The Morgan fingerprint density at radius 2 is 2.22 bits per heavy atom. The number of carbonyl (C=O) groups is 2. The third-order valence-electron chi connectivity index (χ3n) is 3.36. The van der Waals surface area contributed by atoms with E-state index in [4.69, 9.17) is 16.3 Å². The van der Waals surface area contributed by atoms with Gasteiger partial charge in [-0.3, -0.25) is 19.5 Å². The molecule has 0 atom stereocenters. The van der Waals surface area contributed by atoms with Gasteiger partial charge in [-0.1, -0.05) is 17.7 Å². The molecule has 2 heterocycles. The van der Waals surface area contributed by atoms with Gasteiger partial charge in [0.2, 0.25) is 5.91 Å². The van der Waals surface area contributed by atoms with E-state index in [0.29, 0.717) is 23.0 Å². The SMILES string of the molecule is O=C(CN1C(=O)COc2ccc(Cl)cc21)NCc1ccccn1. The Bertz CT molecular complexity index is 737. The van der Waals surface area contributed by atoms with Crippen LogP contribution in [0.2, 0.25) is 5.02 Å². The fourth-order valence-corrected chi connectivity index (χ4v) is 2.41. The van der Waals surface area contributed by atoms with Gasteiger partial charge in [0.25, 0.3) is 5.91 Å². The highest BCUT2D eigenvalue weighted by atomic mass is 35.5. The van der Waals surface area contributed by atoms with Crippen molar-refractivity contribution < 1.29 is 14.3 Å². The zero-order valence-electron chi connectivity index (χ0n) is 12.2. The monoisotopic (exact) mass is 331 g/mol. The lowest BCUT2D eigenvalue weighted by molar-refractivity contribution is -0.125. The van der Waals surface area contributed by atoms with Crippen molar-refractivity contribution in [3.8, 4) is 5.75 Å². The fraction of sp³-hybridized carbons (Fsp3) is 0.188. The van der Waals surface area contributed by atoms with E-state index < -0.39 is 0 Å². The van der Waals surface area contributed by atoms with Crippen LogP contribution < -0.4 is 15.0 Å². The Labute approximate surface area is 138 Å². The molecular weight excluding hydrogens is 318 g/mol. The highest BCUT2D eigenvalue weighted by Gasteiger charge is 2.27. The minimum absolute atomic E-state index is 0.0949. The average Bonchev–Trinajstić information content (AvgIpc) is 2.57. The number of hydrogen-bond donors (Lipinski definition) is 1. The van der Waals surface area contributed by atoms with Crippen LogP contribution in [-0.2, 0) is 16.1 Å². The quantitative estimate of drug-likeness (QED) is 0.927. The van der Waals surface area contributed by atoms with Gasteiger partial charge in [-0.2, -0.15) is 0 Å². The van der Waals surface area contributed by atoms with Gasteiger partial charge in [0.1, 0.15) is 12.3 Å². The lowest BCUT2D eigenvalue weighted by atomic mass is 10.2. The smallest absolute Gasteiger partial charge is 0.265 e. The number of hydrogen-bond acceptors (Lipinski definition) is 4. The number of fused-ring (bicyclic) bond motifs is 1. The van der Waals surface area contributed by atoms with Crippen molar-refractivity contribution in [1.29, 1.82) is 0 Å². The highest BCUT2D eigenvalue weighted by Crippen LogP contribution is 2.34. The molecule has 1 aliphatic rings. The van der Waals surface area contributed by atoms with Gasteiger partial charge in [-0.25, -0.2) is 0 Å². The summed E-state index contributed by atoms with van der Waals surface area (Å²) in [6.45, 7) is 0.116. The number of nitrogens with one attached hydrogen (secondary N) is 1. The fourth-order valence-electron chi connectivity index (χ4n) is 2.24. The molecule has 3 rings (SSSR count). The summed E-state index contributed by atoms with van der Waals surface area (Å²) in [6, 6.07) is 10.4. The van der Waals surface area contributed by atoms with Crippen molar-refractivity contribution in [1.82, 2.24) is 10.3 Å². The van der Waals surface area contributed by atoms with E-state index in [9.17, 15) is 9.59 Å². The third kappa shape index (κ3) is 3.60. The average molecular weight is 332 g/mol. The summed E-state index contributed by atoms with van der Waals surface area (Å²) < 4.78 is 5.34. The number of amides is 2. The third-order valence-corrected chi connectivity index (χ3v) is 3.59.